The van der Waals surface area contributed by atoms with Gasteiger partial charge in [0.15, 0.2) is 16.6 Å². The summed E-state index contributed by atoms with van der Waals surface area (Å²) in [5.41, 5.74) is 0. The summed E-state index contributed by atoms with van der Waals surface area (Å²) in [7, 11) is -4.20. The highest BCUT2D eigenvalue weighted by Gasteiger charge is 2.51. The Morgan fingerprint density at radius 3 is 1.26 bits per heavy atom. The molecule has 0 aliphatic carbocycles. The van der Waals surface area contributed by atoms with E-state index in [0.29, 0.717) is 0 Å². The normalized spacial score (nSPS) is 13.6. The third-order valence-corrected chi connectivity index (χ3v) is 21.6. The third kappa shape index (κ3) is 6.82. The van der Waals surface area contributed by atoms with Gasteiger partial charge in [-0.15, -0.1) is 0 Å². The van der Waals surface area contributed by atoms with Gasteiger partial charge in [-0.2, -0.15) is 0 Å². The fraction of sp³-hybridized carbons (Fsp3) is 1.00. The standard InChI is InChI=1S/C16H39IO3Si3/c1-8-21(9-2,10-3)19-23(18-7,16-14-15-17)20-22(11-4,12-5)13-6/h8-16H2,1-7H3. The molecule has 0 amide bonds. The molecule has 0 radical (unpaired) electrons. The van der Waals surface area contributed by atoms with E-state index in [0.717, 1.165) is 53.2 Å². The van der Waals surface area contributed by atoms with Crippen LogP contribution in [0.25, 0.3) is 0 Å². The molecule has 3 nitrogen and oxygen atoms in total. The zero-order valence-corrected chi connectivity index (χ0v) is 21.6. The molecule has 0 aromatic heterocycles. The molecule has 0 aliphatic rings. The molecule has 0 saturated heterocycles. The van der Waals surface area contributed by atoms with Gasteiger partial charge in [-0.25, -0.2) is 0 Å². The van der Waals surface area contributed by atoms with Crippen molar-refractivity contribution in [2.24, 2.45) is 0 Å². The first-order valence-electron chi connectivity index (χ1n) is 9.41. The zero-order valence-electron chi connectivity index (χ0n) is 16.5. The minimum atomic E-state index is -2.57. The lowest BCUT2D eigenvalue weighted by molar-refractivity contribution is 0.193. The Morgan fingerprint density at radius 2 is 1.04 bits per heavy atom. The zero-order chi connectivity index (χ0) is 18.0. The second-order valence-electron chi connectivity index (χ2n) is 6.37. The quantitative estimate of drug-likeness (QED) is 0.159. The Morgan fingerprint density at radius 1 is 0.696 bits per heavy atom. The van der Waals surface area contributed by atoms with Gasteiger partial charge in [0.2, 0.25) is 0 Å². The van der Waals surface area contributed by atoms with Crippen LogP contribution in [0.5, 0.6) is 0 Å². The third-order valence-electron chi connectivity index (χ3n) is 5.54. The fourth-order valence-electron chi connectivity index (χ4n) is 3.18. The largest absolute Gasteiger partial charge is 0.479 e. The minimum Gasteiger partial charge on any atom is -0.416 e. The maximum absolute atomic E-state index is 6.95. The Hall–Kier alpha value is 1.26. The monoisotopic (exact) mass is 490 g/mol. The summed E-state index contributed by atoms with van der Waals surface area (Å²) in [6.45, 7) is 13.7. The van der Waals surface area contributed by atoms with Crippen LogP contribution in [-0.2, 0) is 12.7 Å². The van der Waals surface area contributed by atoms with Gasteiger partial charge < -0.3 is 12.7 Å². The van der Waals surface area contributed by atoms with Crippen molar-refractivity contribution in [3.8, 4) is 0 Å². The predicted molar refractivity (Wildman–Crippen MR) is 118 cm³/mol. The van der Waals surface area contributed by atoms with Crippen LogP contribution in [0.1, 0.15) is 48.0 Å². The lowest BCUT2D eigenvalue weighted by Gasteiger charge is -2.44. The summed E-state index contributed by atoms with van der Waals surface area (Å²) in [5, 5.41) is 0. The smallest absolute Gasteiger partial charge is 0.416 e. The Balaban J connectivity index is 5.61. The lowest BCUT2D eigenvalue weighted by atomic mass is 10.6. The highest BCUT2D eigenvalue weighted by Crippen LogP contribution is 2.35. The van der Waals surface area contributed by atoms with E-state index >= 15 is 0 Å². The van der Waals surface area contributed by atoms with Gasteiger partial charge in [0.05, 0.1) is 0 Å². The van der Waals surface area contributed by atoms with Gasteiger partial charge in [-0.05, 0) is 47.1 Å². The van der Waals surface area contributed by atoms with Gasteiger partial charge in [0.25, 0.3) is 0 Å². The van der Waals surface area contributed by atoms with Crippen LogP contribution in [0.3, 0.4) is 0 Å². The van der Waals surface area contributed by atoms with Crippen LogP contribution in [0.4, 0.5) is 0 Å². The van der Waals surface area contributed by atoms with E-state index < -0.39 is 25.4 Å². The molecule has 0 bridgehead atoms. The number of alkyl halides is 1. The maximum Gasteiger partial charge on any atom is 0.479 e. The molecule has 0 fully saturated rings. The van der Waals surface area contributed by atoms with Gasteiger partial charge in [0, 0.05) is 13.2 Å². The number of rotatable bonds is 14. The van der Waals surface area contributed by atoms with E-state index in [4.69, 9.17) is 12.7 Å². The lowest BCUT2D eigenvalue weighted by Crippen LogP contribution is -2.59. The molecular formula is C16H39IO3Si3. The molecule has 0 rings (SSSR count). The van der Waals surface area contributed by atoms with Crippen molar-refractivity contribution in [3.63, 3.8) is 0 Å². The average molecular weight is 491 g/mol. The van der Waals surface area contributed by atoms with Gasteiger partial charge in [-0.1, -0.05) is 64.1 Å². The SMILES string of the molecule is CC[Si](CC)(CC)O[Si](CCCI)(OC)O[Si](CC)(CC)CC. The first-order chi connectivity index (χ1) is 10.9. The second-order valence-corrected chi connectivity index (χ2v) is 20.3. The Bertz CT molecular complexity index is 272. The average Bonchev–Trinajstić information content (AvgIpc) is 2.62. The summed E-state index contributed by atoms with van der Waals surface area (Å²) in [6.07, 6.45) is 1.13. The molecule has 0 aromatic rings. The Kier molecular flexibility index (Phi) is 12.4. The van der Waals surface area contributed by atoms with Crippen molar-refractivity contribution in [3.05, 3.63) is 0 Å². The van der Waals surface area contributed by atoms with Crippen molar-refractivity contribution < 1.29 is 12.7 Å². The Labute approximate surface area is 162 Å². The topological polar surface area (TPSA) is 27.7 Å². The van der Waals surface area contributed by atoms with Crippen LogP contribution in [0.2, 0.25) is 42.3 Å². The van der Waals surface area contributed by atoms with E-state index in [1.54, 1.807) is 0 Å². The van der Waals surface area contributed by atoms with E-state index in [1.807, 2.05) is 7.11 Å². The molecule has 7 heteroatoms. The first-order valence-corrected chi connectivity index (χ1v) is 17.9. The van der Waals surface area contributed by atoms with E-state index in [-0.39, 0.29) is 0 Å². The van der Waals surface area contributed by atoms with Crippen molar-refractivity contribution in [2.75, 3.05) is 11.5 Å². The molecule has 0 N–H and O–H groups in total. The van der Waals surface area contributed by atoms with Crippen LogP contribution >= 0.6 is 22.6 Å². The molecule has 0 atom stereocenters. The molecule has 23 heavy (non-hydrogen) atoms. The molecule has 0 heterocycles. The van der Waals surface area contributed by atoms with Crippen LogP contribution in [-0.4, -0.2) is 37.0 Å². The highest BCUT2D eigenvalue weighted by molar-refractivity contribution is 14.1. The minimum absolute atomic E-state index is 0.982. The number of hydrogen-bond acceptors (Lipinski definition) is 3. The number of halogens is 1. The molecule has 0 unspecified atom stereocenters. The van der Waals surface area contributed by atoms with E-state index in [2.05, 4.69) is 64.1 Å². The van der Waals surface area contributed by atoms with E-state index in [9.17, 15) is 0 Å². The summed E-state index contributed by atoms with van der Waals surface area (Å²) in [4.78, 5) is 0. The number of hydrogen-bond donors (Lipinski definition) is 0. The van der Waals surface area contributed by atoms with Gasteiger partial charge >= 0.3 is 8.80 Å². The van der Waals surface area contributed by atoms with Crippen LogP contribution < -0.4 is 0 Å². The molecular weight excluding hydrogens is 451 g/mol. The van der Waals surface area contributed by atoms with Gasteiger partial charge in [-0.3, -0.25) is 0 Å². The molecule has 0 aliphatic heterocycles. The summed E-state index contributed by atoms with van der Waals surface area (Å²) < 4.78 is 21.2. The molecule has 0 aromatic carbocycles. The first kappa shape index (κ1) is 24.3. The van der Waals surface area contributed by atoms with Crippen molar-refractivity contribution in [2.45, 2.75) is 90.3 Å². The molecule has 140 valence electrons. The fourth-order valence-corrected chi connectivity index (χ4v) is 18.9. The van der Waals surface area contributed by atoms with Crippen LogP contribution in [0.15, 0.2) is 0 Å². The van der Waals surface area contributed by atoms with Crippen molar-refractivity contribution in [1.29, 1.82) is 0 Å². The second kappa shape index (κ2) is 11.8. The van der Waals surface area contributed by atoms with Crippen molar-refractivity contribution in [1.82, 2.24) is 0 Å². The summed E-state index contributed by atoms with van der Waals surface area (Å²) in [5.74, 6) is 0. The molecule has 0 spiro atoms. The summed E-state index contributed by atoms with van der Waals surface area (Å²) in [6, 6.07) is 7.93. The van der Waals surface area contributed by atoms with Gasteiger partial charge in [0.1, 0.15) is 0 Å². The van der Waals surface area contributed by atoms with Crippen LogP contribution in [0, 0.1) is 0 Å². The highest BCUT2D eigenvalue weighted by atomic mass is 127. The maximum atomic E-state index is 6.95. The summed E-state index contributed by atoms with van der Waals surface area (Å²) >= 11 is 2.45. The predicted octanol–water partition coefficient (Wildman–Crippen LogP) is 6.44. The molecule has 0 saturated carbocycles. The van der Waals surface area contributed by atoms with E-state index in [1.165, 1.54) is 0 Å². The van der Waals surface area contributed by atoms with Crippen molar-refractivity contribution >= 4 is 48.0 Å².